The number of hydrogen-bond donors (Lipinski definition) is 3. The maximum absolute atomic E-state index is 14.0. The van der Waals surface area contributed by atoms with Gasteiger partial charge in [-0.05, 0) is 42.2 Å². The highest BCUT2D eigenvalue weighted by molar-refractivity contribution is 6.31. The number of rotatable bonds is 10. The Morgan fingerprint density at radius 2 is 2.02 bits per heavy atom. The number of hydrazine groups is 1. The molecule has 0 saturated carbocycles. The molecule has 1 saturated heterocycles. The lowest BCUT2D eigenvalue weighted by atomic mass is 10.0. The number of piperazine rings is 1. The van der Waals surface area contributed by atoms with Crippen LogP contribution in [0.4, 0.5) is 9.18 Å². The molecule has 10 nitrogen and oxygen atoms in total. The van der Waals surface area contributed by atoms with Gasteiger partial charge >= 0.3 is 6.03 Å². The first-order valence-corrected chi connectivity index (χ1v) is 14.0. The van der Waals surface area contributed by atoms with Crippen molar-refractivity contribution in [3.63, 3.8) is 0 Å². The molecule has 3 N–H and O–H groups in total. The molecule has 2 heterocycles. The summed E-state index contributed by atoms with van der Waals surface area (Å²) in [6.45, 7) is 5.70. The Labute approximate surface area is 244 Å². The van der Waals surface area contributed by atoms with Crippen molar-refractivity contribution in [3.05, 3.63) is 76.2 Å². The number of hydroxylamine groups is 1. The summed E-state index contributed by atoms with van der Waals surface area (Å²) in [5.41, 5.74) is 7.98. The van der Waals surface area contributed by atoms with E-state index in [1.807, 2.05) is 37.3 Å². The van der Waals surface area contributed by atoms with Gasteiger partial charge in [-0.1, -0.05) is 48.0 Å². The topological polar surface area (TPSA) is 106 Å². The van der Waals surface area contributed by atoms with Crippen LogP contribution in [0.5, 0.6) is 0 Å². The van der Waals surface area contributed by atoms with E-state index in [1.54, 1.807) is 17.2 Å². The van der Waals surface area contributed by atoms with Crippen LogP contribution in [-0.4, -0.2) is 71.0 Å². The Morgan fingerprint density at radius 3 is 2.80 bits per heavy atom. The fourth-order valence-corrected chi connectivity index (χ4v) is 5.08. The van der Waals surface area contributed by atoms with E-state index < -0.39 is 17.9 Å². The number of urea groups is 1. The zero-order chi connectivity index (χ0) is 29.4. The molecule has 0 radical (unpaired) electrons. The number of halogens is 2. The molecule has 0 aromatic heterocycles. The van der Waals surface area contributed by atoms with Crippen molar-refractivity contribution in [1.82, 2.24) is 31.0 Å². The SMILES string of the molecule is CC(=O)N(NCc1cccc(F)c1Cl)[C@@H](CCC(=O)N1CCN[C@H](C)C1)CONC(=O)N1C=Cc2ccccc2C1. The quantitative estimate of drug-likeness (QED) is 0.368. The Morgan fingerprint density at radius 1 is 1.22 bits per heavy atom. The minimum absolute atomic E-state index is 0.0267. The normalized spacial score (nSPS) is 17.1. The van der Waals surface area contributed by atoms with Crippen LogP contribution in [0.3, 0.4) is 0 Å². The Balaban J connectivity index is 1.40. The molecule has 0 aliphatic carbocycles. The zero-order valence-electron chi connectivity index (χ0n) is 23.2. The molecule has 0 bridgehead atoms. The summed E-state index contributed by atoms with van der Waals surface area (Å²) >= 11 is 6.10. The summed E-state index contributed by atoms with van der Waals surface area (Å²) < 4.78 is 14.0. The fourth-order valence-electron chi connectivity index (χ4n) is 4.89. The highest BCUT2D eigenvalue weighted by atomic mass is 35.5. The lowest BCUT2D eigenvalue weighted by Gasteiger charge is -2.34. The van der Waals surface area contributed by atoms with E-state index in [9.17, 15) is 18.8 Å². The van der Waals surface area contributed by atoms with Crippen LogP contribution in [0, 0.1) is 5.82 Å². The Bertz CT molecular complexity index is 1280. The minimum Gasteiger partial charge on any atom is -0.340 e. The highest BCUT2D eigenvalue weighted by Gasteiger charge is 2.27. The largest absolute Gasteiger partial charge is 0.345 e. The number of nitrogens with one attached hydrogen (secondary N) is 3. The maximum atomic E-state index is 14.0. The number of carbonyl (C=O) groups is 3. The van der Waals surface area contributed by atoms with Gasteiger partial charge in [-0.3, -0.25) is 24.3 Å². The summed E-state index contributed by atoms with van der Waals surface area (Å²) in [6, 6.07) is 11.3. The van der Waals surface area contributed by atoms with Gasteiger partial charge < -0.3 is 10.2 Å². The number of benzene rings is 2. The van der Waals surface area contributed by atoms with E-state index in [4.69, 9.17) is 16.4 Å². The Hall–Kier alpha value is -3.51. The maximum Gasteiger partial charge on any atom is 0.345 e. The Kier molecular flexibility index (Phi) is 10.7. The molecular weight excluding hydrogens is 551 g/mol. The predicted octanol–water partition coefficient (Wildman–Crippen LogP) is 3.43. The van der Waals surface area contributed by atoms with Gasteiger partial charge in [0.1, 0.15) is 5.82 Å². The summed E-state index contributed by atoms with van der Waals surface area (Å²) in [5.74, 6) is -0.925. The third-order valence-corrected chi connectivity index (χ3v) is 7.54. The smallest absolute Gasteiger partial charge is 0.340 e. The third kappa shape index (κ3) is 8.26. The average molecular weight is 587 g/mol. The van der Waals surface area contributed by atoms with Crippen molar-refractivity contribution >= 4 is 35.5 Å². The van der Waals surface area contributed by atoms with E-state index in [0.29, 0.717) is 25.2 Å². The van der Waals surface area contributed by atoms with Gasteiger partial charge in [-0.15, -0.1) is 0 Å². The molecule has 2 aromatic rings. The van der Waals surface area contributed by atoms with Crippen molar-refractivity contribution in [1.29, 1.82) is 0 Å². The second-order valence-corrected chi connectivity index (χ2v) is 10.6. The van der Waals surface area contributed by atoms with E-state index >= 15 is 0 Å². The van der Waals surface area contributed by atoms with Crippen molar-refractivity contribution in [2.24, 2.45) is 0 Å². The van der Waals surface area contributed by atoms with Crippen LogP contribution in [0.2, 0.25) is 5.02 Å². The predicted molar refractivity (Wildman–Crippen MR) is 153 cm³/mol. The van der Waals surface area contributed by atoms with E-state index in [0.717, 1.165) is 17.7 Å². The van der Waals surface area contributed by atoms with Gasteiger partial charge in [0.05, 0.1) is 24.2 Å². The van der Waals surface area contributed by atoms with Gasteiger partial charge in [0.15, 0.2) is 0 Å². The lowest BCUT2D eigenvalue weighted by molar-refractivity contribution is -0.140. The van der Waals surface area contributed by atoms with Gasteiger partial charge in [-0.2, -0.15) is 0 Å². The number of nitrogens with zero attached hydrogens (tertiary/aromatic N) is 3. The standard InChI is InChI=1S/C29H36ClFN6O4/c1-20-17-35(15-13-32-20)27(39)11-10-25(37(21(2)38)33-16-23-8-5-9-26(31)28(23)30)19-41-34-29(40)36-14-12-22-6-3-4-7-24(22)18-36/h3-9,12,14,20,25,32-33H,10-11,13,15-19H2,1-2H3,(H,34,40)/t20-,25+/m1/s1. The number of hydrogen-bond acceptors (Lipinski definition) is 6. The summed E-state index contributed by atoms with van der Waals surface area (Å²) in [6.07, 6.45) is 3.97. The van der Waals surface area contributed by atoms with Gasteiger partial charge in [0.25, 0.3) is 0 Å². The van der Waals surface area contributed by atoms with Crippen LogP contribution >= 0.6 is 11.6 Å². The molecule has 0 spiro atoms. The van der Waals surface area contributed by atoms with E-state index in [1.165, 1.54) is 29.0 Å². The average Bonchev–Trinajstić information content (AvgIpc) is 2.97. The van der Waals surface area contributed by atoms with Crippen LogP contribution in [-0.2, 0) is 27.5 Å². The highest BCUT2D eigenvalue weighted by Crippen LogP contribution is 2.21. The summed E-state index contributed by atoms with van der Waals surface area (Å²) in [7, 11) is 0. The number of amides is 4. The molecule has 4 amide bonds. The summed E-state index contributed by atoms with van der Waals surface area (Å²) in [4.78, 5) is 47.4. The van der Waals surface area contributed by atoms with Crippen LogP contribution in [0.1, 0.15) is 43.4 Å². The van der Waals surface area contributed by atoms with Gasteiger partial charge in [-0.25, -0.2) is 20.1 Å². The lowest BCUT2D eigenvalue weighted by Crippen LogP contribution is -2.53. The zero-order valence-corrected chi connectivity index (χ0v) is 24.0. The fraction of sp³-hybridized carbons (Fsp3) is 0.414. The second kappa shape index (κ2) is 14.4. The number of carbonyl (C=O) groups excluding carboxylic acids is 3. The molecule has 0 unspecified atom stereocenters. The second-order valence-electron chi connectivity index (χ2n) is 10.2. The first-order chi connectivity index (χ1) is 19.7. The van der Waals surface area contributed by atoms with Crippen LogP contribution in [0.15, 0.2) is 48.7 Å². The molecule has 41 heavy (non-hydrogen) atoms. The van der Waals surface area contributed by atoms with E-state index in [2.05, 4.69) is 16.2 Å². The van der Waals surface area contributed by atoms with Gasteiger partial charge in [0.2, 0.25) is 11.8 Å². The molecule has 220 valence electrons. The van der Waals surface area contributed by atoms with Crippen LogP contribution < -0.4 is 16.2 Å². The molecule has 2 aliphatic heterocycles. The molecule has 4 rings (SSSR count). The number of fused-ring (bicyclic) bond motifs is 1. The van der Waals surface area contributed by atoms with Crippen molar-refractivity contribution in [2.75, 3.05) is 26.2 Å². The van der Waals surface area contributed by atoms with Gasteiger partial charge in [0, 0.05) is 51.8 Å². The third-order valence-electron chi connectivity index (χ3n) is 7.11. The first kappa shape index (κ1) is 30.4. The van der Waals surface area contributed by atoms with Crippen molar-refractivity contribution in [3.8, 4) is 0 Å². The monoisotopic (exact) mass is 586 g/mol. The molecule has 2 aliphatic rings. The minimum atomic E-state index is -0.623. The molecule has 1 fully saturated rings. The molecule has 2 aromatic carbocycles. The first-order valence-electron chi connectivity index (χ1n) is 13.6. The van der Waals surface area contributed by atoms with E-state index in [-0.39, 0.29) is 48.9 Å². The molecule has 12 heteroatoms. The summed E-state index contributed by atoms with van der Waals surface area (Å²) in [5, 5.41) is 4.62. The van der Waals surface area contributed by atoms with Crippen molar-refractivity contribution < 1.29 is 23.6 Å². The molecular formula is C29H36ClFN6O4. The van der Waals surface area contributed by atoms with Crippen LogP contribution in [0.25, 0.3) is 6.08 Å². The van der Waals surface area contributed by atoms with Crippen molar-refractivity contribution in [2.45, 2.75) is 51.9 Å². The molecule has 2 atom stereocenters.